The molecule has 0 saturated heterocycles. The number of carbonyl (C=O) groups excluding carboxylic acids is 1. The Labute approximate surface area is 202 Å². The minimum absolute atomic E-state index is 0.0789. The summed E-state index contributed by atoms with van der Waals surface area (Å²) in [6.07, 6.45) is 0.778. The van der Waals surface area contributed by atoms with E-state index >= 15 is 0 Å². The van der Waals surface area contributed by atoms with Gasteiger partial charge >= 0.3 is 0 Å². The Morgan fingerprint density at radius 3 is 2.53 bits per heavy atom. The Morgan fingerprint density at radius 1 is 1.06 bits per heavy atom. The summed E-state index contributed by atoms with van der Waals surface area (Å²) in [6, 6.07) is 22.9. The van der Waals surface area contributed by atoms with Crippen LogP contribution in [0.15, 0.2) is 82.7 Å². The smallest absolute Gasteiger partial charge is 0.258 e. The second-order valence-corrected chi connectivity index (χ2v) is 8.91. The van der Waals surface area contributed by atoms with Gasteiger partial charge in [-0.3, -0.25) is 9.59 Å². The Morgan fingerprint density at radius 2 is 1.79 bits per heavy atom. The first-order chi connectivity index (χ1) is 16.5. The molecule has 1 atom stereocenters. The number of hydrogen-bond acceptors (Lipinski definition) is 3. The molecule has 6 heteroatoms. The highest BCUT2D eigenvalue weighted by atomic mass is 35.5. The molecular formula is C28H24ClN3O2. The zero-order chi connectivity index (χ0) is 23.8. The van der Waals surface area contributed by atoms with Gasteiger partial charge in [-0.1, -0.05) is 73.1 Å². The van der Waals surface area contributed by atoms with Gasteiger partial charge in [0.05, 0.1) is 17.3 Å². The van der Waals surface area contributed by atoms with E-state index in [1.807, 2.05) is 80.6 Å². The van der Waals surface area contributed by atoms with Crippen molar-refractivity contribution in [1.82, 2.24) is 9.99 Å². The number of halogens is 1. The SMILES string of the molecule is CCC(=O)N1N=C(c2c(-c3ccccc3)c3cc(Cl)ccc3[nH]c2=O)C[C@@H]1c1ccccc1C. The van der Waals surface area contributed by atoms with Gasteiger partial charge in [0.15, 0.2) is 0 Å². The van der Waals surface area contributed by atoms with E-state index in [0.29, 0.717) is 34.7 Å². The number of carbonyl (C=O) groups is 1. The first-order valence-corrected chi connectivity index (χ1v) is 11.7. The molecule has 5 nitrogen and oxygen atoms in total. The van der Waals surface area contributed by atoms with Crippen LogP contribution < -0.4 is 5.56 Å². The molecule has 0 spiro atoms. The maximum Gasteiger partial charge on any atom is 0.258 e. The molecular weight excluding hydrogens is 446 g/mol. The van der Waals surface area contributed by atoms with Crippen LogP contribution in [0.2, 0.25) is 5.02 Å². The average molecular weight is 470 g/mol. The topological polar surface area (TPSA) is 65.5 Å². The van der Waals surface area contributed by atoms with Gasteiger partial charge in [-0.15, -0.1) is 0 Å². The van der Waals surface area contributed by atoms with E-state index in [2.05, 4.69) is 4.98 Å². The molecule has 4 aromatic rings. The number of pyridine rings is 1. The summed E-state index contributed by atoms with van der Waals surface area (Å²) in [5.74, 6) is -0.0789. The molecule has 0 unspecified atom stereocenters. The number of hydrogen-bond donors (Lipinski definition) is 1. The van der Waals surface area contributed by atoms with Crippen LogP contribution in [0.5, 0.6) is 0 Å². The molecule has 0 bridgehead atoms. The number of benzene rings is 3. The molecule has 2 heterocycles. The summed E-state index contributed by atoms with van der Waals surface area (Å²) in [5.41, 5.74) is 5.32. The number of rotatable bonds is 4. The quantitative estimate of drug-likeness (QED) is 0.384. The van der Waals surface area contributed by atoms with Gasteiger partial charge in [0, 0.05) is 34.3 Å². The molecule has 170 valence electrons. The molecule has 1 amide bonds. The molecule has 34 heavy (non-hydrogen) atoms. The number of aromatic amines is 1. The molecule has 0 aliphatic carbocycles. The maximum absolute atomic E-state index is 13.5. The minimum Gasteiger partial charge on any atom is -0.321 e. The second-order valence-electron chi connectivity index (χ2n) is 8.48. The number of fused-ring (bicyclic) bond motifs is 1. The normalized spacial score (nSPS) is 15.6. The van der Waals surface area contributed by atoms with Gasteiger partial charge in [0.25, 0.3) is 5.56 Å². The number of nitrogens with zero attached hydrogens (tertiary/aromatic N) is 2. The number of H-pyrrole nitrogens is 1. The van der Waals surface area contributed by atoms with Gasteiger partial charge in [-0.25, -0.2) is 5.01 Å². The third kappa shape index (κ3) is 3.82. The number of aryl methyl sites for hydroxylation is 1. The van der Waals surface area contributed by atoms with E-state index in [4.69, 9.17) is 16.7 Å². The van der Waals surface area contributed by atoms with Crippen LogP contribution >= 0.6 is 11.6 Å². The summed E-state index contributed by atoms with van der Waals surface area (Å²) in [7, 11) is 0. The van der Waals surface area contributed by atoms with Crippen molar-refractivity contribution < 1.29 is 4.79 Å². The lowest BCUT2D eigenvalue weighted by atomic mass is 9.90. The first-order valence-electron chi connectivity index (χ1n) is 11.3. The number of nitrogens with one attached hydrogen (secondary N) is 1. The maximum atomic E-state index is 13.5. The van der Waals surface area contributed by atoms with Crippen LogP contribution in [0.25, 0.3) is 22.0 Å². The van der Waals surface area contributed by atoms with Gasteiger partial charge in [0.1, 0.15) is 0 Å². The fourth-order valence-corrected chi connectivity index (χ4v) is 4.87. The molecule has 1 N–H and O–H groups in total. The third-order valence-electron chi connectivity index (χ3n) is 6.34. The van der Waals surface area contributed by atoms with E-state index in [-0.39, 0.29) is 17.5 Å². The molecule has 0 fully saturated rings. The van der Waals surface area contributed by atoms with Gasteiger partial charge < -0.3 is 4.98 Å². The second kappa shape index (κ2) is 8.92. The fourth-order valence-electron chi connectivity index (χ4n) is 4.70. The van der Waals surface area contributed by atoms with E-state index in [0.717, 1.165) is 27.6 Å². The van der Waals surface area contributed by atoms with E-state index < -0.39 is 0 Å². The summed E-state index contributed by atoms with van der Waals surface area (Å²) in [5, 5.41) is 7.72. The Hall–Kier alpha value is -3.70. The highest BCUT2D eigenvalue weighted by Crippen LogP contribution is 2.38. The van der Waals surface area contributed by atoms with Gasteiger partial charge in [0.2, 0.25) is 5.91 Å². The summed E-state index contributed by atoms with van der Waals surface area (Å²) in [6.45, 7) is 3.85. The number of amides is 1. The van der Waals surface area contributed by atoms with Crippen molar-refractivity contribution in [2.45, 2.75) is 32.7 Å². The molecule has 3 aromatic carbocycles. The zero-order valence-corrected chi connectivity index (χ0v) is 19.8. The largest absolute Gasteiger partial charge is 0.321 e. The highest BCUT2D eigenvalue weighted by molar-refractivity contribution is 6.31. The van der Waals surface area contributed by atoms with Crippen LogP contribution in [0.1, 0.15) is 42.5 Å². The Balaban J connectivity index is 1.76. The van der Waals surface area contributed by atoms with Crippen molar-refractivity contribution >= 4 is 34.1 Å². The van der Waals surface area contributed by atoms with Gasteiger partial charge in [-0.2, -0.15) is 5.10 Å². The van der Waals surface area contributed by atoms with Crippen LogP contribution in [0.3, 0.4) is 0 Å². The summed E-state index contributed by atoms with van der Waals surface area (Å²) >= 11 is 6.36. The first kappa shape index (κ1) is 22.1. The van der Waals surface area contributed by atoms with Crippen molar-refractivity contribution in [3.8, 4) is 11.1 Å². The lowest BCUT2D eigenvalue weighted by molar-refractivity contribution is -0.132. The molecule has 0 saturated carbocycles. The van der Waals surface area contributed by atoms with Gasteiger partial charge in [-0.05, 0) is 41.8 Å². The summed E-state index contributed by atoms with van der Waals surface area (Å²) in [4.78, 5) is 29.4. The minimum atomic E-state index is -0.262. The van der Waals surface area contributed by atoms with Crippen molar-refractivity contribution in [2.75, 3.05) is 0 Å². The molecule has 0 radical (unpaired) electrons. The highest BCUT2D eigenvalue weighted by Gasteiger charge is 2.35. The van der Waals surface area contributed by atoms with Crippen LogP contribution in [0.4, 0.5) is 0 Å². The van der Waals surface area contributed by atoms with Crippen molar-refractivity contribution in [3.63, 3.8) is 0 Å². The van der Waals surface area contributed by atoms with Crippen molar-refractivity contribution in [3.05, 3.63) is 105 Å². The lowest BCUT2D eigenvalue weighted by Gasteiger charge is -2.23. The predicted molar refractivity (Wildman–Crippen MR) is 137 cm³/mol. The van der Waals surface area contributed by atoms with E-state index in [1.165, 1.54) is 0 Å². The van der Waals surface area contributed by atoms with Crippen LogP contribution in [0, 0.1) is 6.92 Å². The standard InChI is InChI=1S/C28H24ClN3O2/c1-3-25(33)32-24(20-12-8-7-9-17(20)2)16-23(31-32)27-26(18-10-5-4-6-11-18)21-15-19(29)13-14-22(21)30-28(27)34/h4-15,24H,3,16H2,1-2H3,(H,30,34)/t24-/m1/s1. The molecule has 1 aromatic heterocycles. The number of hydrazone groups is 1. The lowest BCUT2D eigenvalue weighted by Crippen LogP contribution is -2.26. The van der Waals surface area contributed by atoms with Crippen LogP contribution in [-0.2, 0) is 4.79 Å². The van der Waals surface area contributed by atoms with Crippen molar-refractivity contribution in [2.24, 2.45) is 5.10 Å². The third-order valence-corrected chi connectivity index (χ3v) is 6.58. The Bertz CT molecular complexity index is 1490. The van der Waals surface area contributed by atoms with Crippen molar-refractivity contribution in [1.29, 1.82) is 0 Å². The Kier molecular flexibility index (Phi) is 5.80. The monoisotopic (exact) mass is 469 g/mol. The molecule has 1 aliphatic rings. The summed E-state index contributed by atoms with van der Waals surface area (Å²) < 4.78 is 0. The zero-order valence-electron chi connectivity index (χ0n) is 19.0. The molecule has 5 rings (SSSR count). The average Bonchev–Trinajstić information content (AvgIpc) is 3.28. The van der Waals surface area contributed by atoms with Crippen LogP contribution in [-0.4, -0.2) is 21.6 Å². The fraction of sp³-hybridized carbons (Fsp3) is 0.179. The molecule has 1 aliphatic heterocycles. The number of aromatic nitrogens is 1. The van der Waals surface area contributed by atoms with E-state index in [1.54, 1.807) is 11.1 Å². The predicted octanol–water partition coefficient (Wildman–Crippen LogP) is 6.24. The van der Waals surface area contributed by atoms with E-state index in [9.17, 15) is 9.59 Å².